The molecular formula is C21H22N2O5S. The Hall–Kier alpha value is -3.05. The summed E-state index contributed by atoms with van der Waals surface area (Å²) in [6.07, 6.45) is 0.418. The van der Waals surface area contributed by atoms with Crippen LogP contribution in [0.1, 0.15) is 17.5 Å². The SMILES string of the molecule is COc1cc(C#N)ccc1OCC(=O)N(Cc1ccccc1)[C@@H]1CCS(=O)(=O)C1. The highest BCUT2D eigenvalue weighted by atomic mass is 32.2. The van der Waals surface area contributed by atoms with Gasteiger partial charge in [-0.25, -0.2) is 8.42 Å². The van der Waals surface area contributed by atoms with Gasteiger partial charge in [0.05, 0.1) is 30.2 Å². The lowest BCUT2D eigenvalue weighted by Crippen LogP contribution is -2.43. The van der Waals surface area contributed by atoms with Crippen LogP contribution in [0.3, 0.4) is 0 Å². The van der Waals surface area contributed by atoms with Gasteiger partial charge in [-0.3, -0.25) is 4.79 Å². The predicted molar refractivity (Wildman–Crippen MR) is 107 cm³/mol. The van der Waals surface area contributed by atoms with Crippen LogP contribution in [-0.4, -0.2) is 50.5 Å². The molecule has 1 atom stereocenters. The maximum absolute atomic E-state index is 13.0. The van der Waals surface area contributed by atoms with Crippen molar-refractivity contribution in [1.29, 1.82) is 5.26 Å². The number of rotatable bonds is 7. The first-order valence-corrected chi connectivity index (χ1v) is 11.0. The number of amides is 1. The van der Waals surface area contributed by atoms with Gasteiger partial charge in [-0.2, -0.15) is 5.26 Å². The van der Waals surface area contributed by atoms with E-state index in [9.17, 15) is 13.2 Å². The molecule has 0 spiro atoms. The van der Waals surface area contributed by atoms with E-state index in [1.54, 1.807) is 17.0 Å². The third kappa shape index (κ3) is 5.27. The van der Waals surface area contributed by atoms with E-state index in [-0.39, 0.29) is 30.1 Å². The summed E-state index contributed by atoms with van der Waals surface area (Å²) in [5.74, 6) is 0.447. The second-order valence-corrected chi connectivity index (χ2v) is 9.06. The molecule has 0 aromatic heterocycles. The molecule has 29 heavy (non-hydrogen) atoms. The Balaban J connectivity index is 1.75. The van der Waals surface area contributed by atoms with Gasteiger partial charge in [-0.1, -0.05) is 30.3 Å². The quantitative estimate of drug-likeness (QED) is 0.689. The number of hydrogen-bond donors (Lipinski definition) is 0. The molecule has 8 heteroatoms. The van der Waals surface area contributed by atoms with Gasteiger partial charge in [0, 0.05) is 18.7 Å². The van der Waals surface area contributed by atoms with Crippen LogP contribution in [0.5, 0.6) is 11.5 Å². The van der Waals surface area contributed by atoms with Crippen LogP contribution in [0.2, 0.25) is 0 Å². The number of hydrogen-bond acceptors (Lipinski definition) is 6. The molecule has 1 heterocycles. The van der Waals surface area contributed by atoms with Crippen LogP contribution >= 0.6 is 0 Å². The van der Waals surface area contributed by atoms with E-state index >= 15 is 0 Å². The molecule has 0 radical (unpaired) electrons. The standard InChI is InChI=1S/C21H22N2O5S/c1-27-20-11-17(12-22)7-8-19(20)28-14-21(24)23(13-16-5-3-2-4-6-16)18-9-10-29(25,26)15-18/h2-8,11,18H,9-10,13-15H2,1H3/t18-/m1/s1. The van der Waals surface area contributed by atoms with Gasteiger partial charge in [0.15, 0.2) is 27.9 Å². The average molecular weight is 414 g/mol. The van der Waals surface area contributed by atoms with Crippen molar-refractivity contribution in [2.24, 2.45) is 0 Å². The van der Waals surface area contributed by atoms with Crippen LogP contribution < -0.4 is 9.47 Å². The van der Waals surface area contributed by atoms with Crippen molar-refractivity contribution in [3.8, 4) is 17.6 Å². The highest BCUT2D eigenvalue weighted by molar-refractivity contribution is 7.91. The maximum Gasteiger partial charge on any atom is 0.261 e. The minimum absolute atomic E-state index is 0.0360. The molecule has 0 unspecified atom stereocenters. The summed E-state index contributed by atoms with van der Waals surface area (Å²) in [7, 11) is -1.68. The molecule has 1 aliphatic rings. The summed E-state index contributed by atoms with van der Waals surface area (Å²) in [6.45, 7) is 0.0549. The highest BCUT2D eigenvalue weighted by Crippen LogP contribution is 2.28. The Kier molecular flexibility index (Phi) is 6.39. The zero-order chi connectivity index (χ0) is 20.9. The van der Waals surface area contributed by atoms with E-state index in [1.165, 1.54) is 13.2 Å². The largest absolute Gasteiger partial charge is 0.493 e. The van der Waals surface area contributed by atoms with Crippen molar-refractivity contribution in [3.63, 3.8) is 0 Å². The molecule has 1 fully saturated rings. The molecule has 0 aliphatic carbocycles. The number of sulfone groups is 1. The normalized spacial score (nSPS) is 17.3. The van der Waals surface area contributed by atoms with Gasteiger partial charge < -0.3 is 14.4 Å². The second kappa shape index (κ2) is 8.97. The fourth-order valence-electron chi connectivity index (χ4n) is 3.30. The number of ether oxygens (including phenoxy) is 2. The van der Waals surface area contributed by atoms with Crippen molar-refractivity contribution in [3.05, 3.63) is 59.7 Å². The van der Waals surface area contributed by atoms with Gasteiger partial charge in [0.1, 0.15) is 0 Å². The van der Waals surface area contributed by atoms with E-state index in [0.717, 1.165) is 5.56 Å². The molecule has 1 saturated heterocycles. The Morgan fingerprint density at radius 2 is 1.97 bits per heavy atom. The first-order valence-electron chi connectivity index (χ1n) is 9.16. The topological polar surface area (TPSA) is 96.7 Å². The number of methoxy groups -OCH3 is 1. The third-order valence-electron chi connectivity index (χ3n) is 4.81. The van der Waals surface area contributed by atoms with Gasteiger partial charge in [0.25, 0.3) is 5.91 Å². The fourth-order valence-corrected chi connectivity index (χ4v) is 5.03. The van der Waals surface area contributed by atoms with Crippen molar-refractivity contribution in [2.45, 2.75) is 19.0 Å². The molecule has 0 N–H and O–H groups in total. The molecule has 1 aliphatic heterocycles. The maximum atomic E-state index is 13.0. The van der Waals surface area contributed by atoms with Crippen LogP contribution in [-0.2, 0) is 21.2 Å². The zero-order valence-electron chi connectivity index (χ0n) is 16.1. The van der Waals surface area contributed by atoms with E-state index in [4.69, 9.17) is 14.7 Å². The summed E-state index contributed by atoms with van der Waals surface area (Å²) in [5.41, 5.74) is 1.34. The van der Waals surface area contributed by atoms with Crippen LogP contribution in [0.25, 0.3) is 0 Å². The fraction of sp³-hybridized carbons (Fsp3) is 0.333. The molecular weight excluding hydrogens is 392 g/mol. The van der Waals surface area contributed by atoms with Crippen LogP contribution in [0, 0.1) is 11.3 Å². The minimum Gasteiger partial charge on any atom is -0.493 e. The Morgan fingerprint density at radius 3 is 2.59 bits per heavy atom. The number of nitriles is 1. The third-order valence-corrected chi connectivity index (χ3v) is 6.56. The lowest BCUT2D eigenvalue weighted by Gasteiger charge is -2.28. The summed E-state index contributed by atoms with van der Waals surface area (Å²) in [5, 5.41) is 8.99. The number of benzene rings is 2. The summed E-state index contributed by atoms with van der Waals surface area (Å²) >= 11 is 0. The van der Waals surface area contributed by atoms with Crippen molar-refractivity contribution < 1.29 is 22.7 Å². The van der Waals surface area contributed by atoms with E-state index in [1.807, 2.05) is 36.4 Å². The molecule has 0 saturated carbocycles. The molecule has 2 aromatic carbocycles. The summed E-state index contributed by atoms with van der Waals surface area (Å²) < 4.78 is 34.7. The first kappa shape index (κ1) is 20.7. The first-order chi connectivity index (χ1) is 13.9. The molecule has 2 aromatic rings. The van der Waals surface area contributed by atoms with Gasteiger partial charge in [0.2, 0.25) is 0 Å². The Bertz CT molecular complexity index is 1020. The summed E-state index contributed by atoms with van der Waals surface area (Å²) in [4.78, 5) is 14.5. The van der Waals surface area contributed by atoms with E-state index in [2.05, 4.69) is 0 Å². The Labute approximate surface area is 170 Å². The number of carbonyl (C=O) groups excluding carboxylic acids is 1. The molecule has 0 bridgehead atoms. The highest BCUT2D eigenvalue weighted by Gasteiger charge is 2.34. The lowest BCUT2D eigenvalue weighted by molar-refractivity contribution is -0.136. The number of nitrogens with zero attached hydrogens (tertiary/aromatic N) is 2. The number of carbonyl (C=O) groups is 1. The van der Waals surface area contributed by atoms with Crippen molar-refractivity contribution >= 4 is 15.7 Å². The molecule has 3 rings (SSSR count). The zero-order valence-corrected chi connectivity index (χ0v) is 16.9. The van der Waals surface area contributed by atoms with Crippen LogP contribution in [0.4, 0.5) is 0 Å². The minimum atomic E-state index is -3.14. The van der Waals surface area contributed by atoms with Crippen molar-refractivity contribution in [1.82, 2.24) is 4.90 Å². The summed E-state index contributed by atoms with van der Waals surface area (Å²) in [6, 6.07) is 15.8. The van der Waals surface area contributed by atoms with Crippen molar-refractivity contribution in [2.75, 3.05) is 25.2 Å². The monoisotopic (exact) mass is 414 g/mol. The second-order valence-electron chi connectivity index (χ2n) is 6.83. The van der Waals surface area contributed by atoms with E-state index in [0.29, 0.717) is 30.0 Å². The molecule has 152 valence electrons. The smallest absolute Gasteiger partial charge is 0.261 e. The van der Waals surface area contributed by atoms with Gasteiger partial charge in [-0.05, 0) is 24.1 Å². The molecule has 7 nitrogen and oxygen atoms in total. The van der Waals surface area contributed by atoms with Gasteiger partial charge >= 0.3 is 0 Å². The lowest BCUT2D eigenvalue weighted by atomic mass is 10.1. The predicted octanol–water partition coefficient (Wildman–Crippen LogP) is 2.16. The molecule has 1 amide bonds. The van der Waals surface area contributed by atoms with Crippen LogP contribution in [0.15, 0.2) is 48.5 Å². The van der Waals surface area contributed by atoms with E-state index < -0.39 is 9.84 Å². The Morgan fingerprint density at radius 1 is 1.21 bits per heavy atom. The van der Waals surface area contributed by atoms with Gasteiger partial charge in [-0.15, -0.1) is 0 Å². The average Bonchev–Trinajstić information content (AvgIpc) is 3.10.